The second-order valence-electron chi connectivity index (χ2n) is 8.19. The molecule has 0 bridgehead atoms. The van der Waals surface area contributed by atoms with Crippen molar-refractivity contribution >= 4 is 57.7 Å². The zero-order valence-electron chi connectivity index (χ0n) is 20.4. The third-order valence-corrected chi connectivity index (χ3v) is 6.73. The summed E-state index contributed by atoms with van der Waals surface area (Å²) in [5, 5.41) is 12.8. The van der Waals surface area contributed by atoms with Crippen LogP contribution in [-0.4, -0.2) is 70.2 Å². The van der Waals surface area contributed by atoms with E-state index < -0.39 is 5.92 Å². The summed E-state index contributed by atoms with van der Waals surface area (Å²) < 4.78 is 7.18. The van der Waals surface area contributed by atoms with Gasteiger partial charge in [0.1, 0.15) is 5.82 Å². The molecule has 192 valence electrons. The number of nitrogens with one attached hydrogen (secondary N) is 2. The summed E-state index contributed by atoms with van der Waals surface area (Å²) in [5.41, 5.74) is 1.45. The van der Waals surface area contributed by atoms with Gasteiger partial charge in [0.2, 0.25) is 11.8 Å². The number of ether oxygens (including phenoxy) is 1. The minimum atomic E-state index is -0.404. The second kappa shape index (κ2) is 12.4. The van der Waals surface area contributed by atoms with Crippen LogP contribution in [0.4, 0.5) is 11.5 Å². The van der Waals surface area contributed by atoms with Crippen molar-refractivity contribution in [1.29, 1.82) is 0 Å². The first-order chi connectivity index (χ1) is 17.5. The van der Waals surface area contributed by atoms with Gasteiger partial charge < -0.3 is 20.3 Å². The summed E-state index contributed by atoms with van der Waals surface area (Å²) in [7, 11) is 0. The highest BCUT2D eigenvalue weighted by molar-refractivity contribution is 7.99. The van der Waals surface area contributed by atoms with Crippen LogP contribution in [0.25, 0.3) is 11.0 Å². The maximum atomic E-state index is 12.8. The molecule has 3 aromatic rings. The van der Waals surface area contributed by atoms with Crippen LogP contribution in [0.3, 0.4) is 0 Å². The molecule has 1 aliphatic heterocycles. The lowest BCUT2D eigenvalue weighted by molar-refractivity contribution is -0.126. The van der Waals surface area contributed by atoms with E-state index in [1.807, 2.05) is 6.92 Å². The lowest BCUT2D eigenvalue weighted by atomic mass is 10.1. The van der Waals surface area contributed by atoms with E-state index in [0.29, 0.717) is 55.2 Å². The van der Waals surface area contributed by atoms with Gasteiger partial charge in [-0.15, -0.1) is 0 Å². The largest absolute Gasteiger partial charge is 0.380 e. The van der Waals surface area contributed by atoms with Crippen LogP contribution in [0.1, 0.15) is 20.3 Å². The smallest absolute Gasteiger partial charge is 0.227 e. The zero-order chi connectivity index (χ0) is 25.5. The van der Waals surface area contributed by atoms with E-state index in [9.17, 15) is 9.59 Å². The van der Waals surface area contributed by atoms with Crippen molar-refractivity contribution in [3.63, 3.8) is 0 Å². The molecule has 1 fully saturated rings. The highest BCUT2D eigenvalue weighted by Gasteiger charge is 2.35. The van der Waals surface area contributed by atoms with Crippen molar-refractivity contribution in [2.75, 3.05) is 48.8 Å². The van der Waals surface area contributed by atoms with Crippen LogP contribution in [-0.2, 0) is 20.9 Å². The summed E-state index contributed by atoms with van der Waals surface area (Å²) in [6.45, 7) is 7.05. The molecular formula is C24H30ClN7O3S. The number of thioether (sulfide) groups is 1. The SMILES string of the molecule is CCOCCNc1nc(SCC)nc2c1cnn2CCNC(=O)C1CC(=O)N(c2ccc(Cl)cc2)C1. The Balaban J connectivity index is 1.37. The average molecular weight is 532 g/mol. The Labute approximate surface area is 219 Å². The lowest BCUT2D eigenvalue weighted by Gasteiger charge is -2.16. The molecule has 10 nitrogen and oxygen atoms in total. The first-order valence-corrected chi connectivity index (χ1v) is 13.4. The van der Waals surface area contributed by atoms with Gasteiger partial charge in [-0.3, -0.25) is 9.59 Å². The van der Waals surface area contributed by atoms with Crippen molar-refractivity contribution in [1.82, 2.24) is 25.1 Å². The average Bonchev–Trinajstić information content (AvgIpc) is 3.46. The fraction of sp³-hybridized carbons (Fsp3) is 0.458. The van der Waals surface area contributed by atoms with Gasteiger partial charge in [-0.05, 0) is 36.9 Å². The summed E-state index contributed by atoms with van der Waals surface area (Å²) in [5.74, 6) is 0.946. The number of rotatable bonds is 12. The predicted molar refractivity (Wildman–Crippen MR) is 142 cm³/mol. The number of aromatic nitrogens is 4. The summed E-state index contributed by atoms with van der Waals surface area (Å²) >= 11 is 7.50. The van der Waals surface area contributed by atoms with E-state index in [1.165, 1.54) is 0 Å². The molecule has 2 amide bonds. The molecule has 36 heavy (non-hydrogen) atoms. The summed E-state index contributed by atoms with van der Waals surface area (Å²) in [6.07, 6.45) is 1.92. The predicted octanol–water partition coefficient (Wildman–Crippen LogP) is 3.21. The summed E-state index contributed by atoms with van der Waals surface area (Å²) in [4.78, 5) is 36.2. The molecule has 0 spiro atoms. The number of carbonyl (C=O) groups excluding carboxylic acids is 2. The Kier molecular flexibility index (Phi) is 9.00. The Morgan fingerprint density at radius 1 is 1.22 bits per heavy atom. The molecule has 1 saturated heterocycles. The molecule has 12 heteroatoms. The van der Waals surface area contributed by atoms with Crippen LogP contribution in [0, 0.1) is 5.92 Å². The highest BCUT2D eigenvalue weighted by atomic mass is 35.5. The topological polar surface area (TPSA) is 114 Å². The quantitative estimate of drug-likeness (QED) is 0.208. The molecule has 4 rings (SSSR count). The standard InChI is InChI=1S/C24H30ClN7O3S/c1-3-35-12-10-26-21-19-14-28-32(22(19)30-24(29-21)36-4-2)11-9-27-23(34)16-13-20(33)31(15-16)18-7-5-17(25)6-8-18/h5-8,14,16H,3-4,9-13,15H2,1-2H3,(H,27,34)(H,26,29,30). The van der Waals surface area contributed by atoms with E-state index >= 15 is 0 Å². The Bertz CT molecular complexity index is 1200. The second-order valence-corrected chi connectivity index (χ2v) is 9.86. The van der Waals surface area contributed by atoms with Crippen molar-refractivity contribution in [3.8, 4) is 0 Å². The third kappa shape index (κ3) is 6.26. The number of hydrogen-bond acceptors (Lipinski definition) is 8. The minimum Gasteiger partial charge on any atom is -0.380 e. The molecule has 1 atom stereocenters. The van der Waals surface area contributed by atoms with Gasteiger partial charge in [0.15, 0.2) is 10.8 Å². The van der Waals surface area contributed by atoms with Crippen LogP contribution in [0.2, 0.25) is 5.02 Å². The Hall–Kier alpha value is -2.89. The fourth-order valence-corrected chi connectivity index (χ4v) is 4.69. The van der Waals surface area contributed by atoms with Crippen molar-refractivity contribution in [2.24, 2.45) is 5.92 Å². The summed E-state index contributed by atoms with van der Waals surface area (Å²) in [6, 6.07) is 7.05. The number of fused-ring (bicyclic) bond motifs is 1. The maximum absolute atomic E-state index is 12.8. The number of halogens is 1. The minimum absolute atomic E-state index is 0.0717. The molecule has 2 N–H and O–H groups in total. The van der Waals surface area contributed by atoms with Crippen LogP contribution < -0.4 is 15.5 Å². The first kappa shape index (κ1) is 26.2. The number of nitrogens with zero attached hydrogens (tertiary/aromatic N) is 5. The van der Waals surface area contributed by atoms with Crippen molar-refractivity contribution < 1.29 is 14.3 Å². The van der Waals surface area contributed by atoms with Crippen LogP contribution in [0.5, 0.6) is 0 Å². The van der Waals surface area contributed by atoms with Crippen LogP contribution >= 0.6 is 23.4 Å². The molecule has 1 unspecified atom stereocenters. The normalized spacial score (nSPS) is 15.6. The highest BCUT2D eigenvalue weighted by Crippen LogP contribution is 2.27. The molecule has 0 saturated carbocycles. The number of benzene rings is 1. The zero-order valence-corrected chi connectivity index (χ0v) is 21.9. The monoisotopic (exact) mass is 531 g/mol. The van der Waals surface area contributed by atoms with Crippen LogP contribution in [0.15, 0.2) is 35.6 Å². The van der Waals surface area contributed by atoms with E-state index in [1.54, 1.807) is 51.8 Å². The number of anilines is 2. The molecule has 2 aromatic heterocycles. The Morgan fingerprint density at radius 3 is 2.78 bits per heavy atom. The van der Waals surface area contributed by atoms with Gasteiger partial charge in [-0.2, -0.15) is 5.10 Å². The Morgan fingerprint density at radius 2 is 2.03 bits per heavy atom. The van der Waals surface area contributed by atoms with Gasteiger partial charge in [-0.1, -0.05) is 30.3 Å². The number of hydrogen-bond donors (Lipinski definition) is 2. The molecular weight excluding hydrogens is 502 g/mol. The molecule has 3 heterocycles. The van der Waals surface area contributed by atoms with Gasteiger partial charge in [0, 0.05) is 43.4 Å². The van der Waals surface area contributed by atoms with Crippen molar-refractivity contribution in [3.05, 3.63) is 35.5 Å². The maximum Gasteiger partial charge on any atom is 0.227 e. The van der Waals surface area contributed by atoms with Gasteiger partial charge in [0.25, 0.3) is 0 Å². The number of carbonyl (C=O) groups is 2. The van der Waals surface area contributed by atoms with E-state index in [4.69, 9.17) is 16.3 Å². The van der Waals surface area contributed by atoms with Gasteiger partial charge in [-0.25, -0.2) is 14.6 Å². The van der Waals surface area contributed by atoms with Gasteiger partial charge >= 0.3 is 0 Å². The molecule has 0 aliphatic carbocycles. The van der Waals surface area contributed by atoms with Crippen molar-refractivity contribution in [2.45, 2.75) is 32.0 Å². The molecule has 1 aromatic carbocycles. The molecule has 1 aliphatic rings. The number of amides is 2. The van der Waals surface area contributed by atoms with Gasteiger partial charge in [0.05, 0.1) is 30.7 Å². The van der Waals surface area contributed by atoms with E-state index in [-0.39, 0.29) is 18.2 Å². The molecule has 0 radical (unpaired) electrons. The van der Waals surface area contributed by atoms with E-state index in [2.05, 4.69) is 32.6 Å². The third-order valence-electron chi connectivity index (χ3n) is 5.75. The first-order valence-electron chi connectivity index (χ1n) is 12.0. The fourth-order valence-electron chi connectivity index (χ4n) is 4.00. The lowest BCUT2D eigenvalue weighted by Crippen LogP contribution is -2.35. The van der Waals surface area contributed by atoms with E-state index in [0.717, 1.165) is 22.6 Å².